The van der Waals surface area contributed by atoms with Crippen molar-refractivity contribution in [3.8, 4) is 5.75 Å². The third-order valence-corrected chi connectivity index (χ3v) is 6.87. The van der Waals surface area contributed by atoms with E-state index in [1.165, 1.54) is 30.5 Å². The van der Waals surface area contributed by atoms with Gasteiger partial charge in [0.2, 0.25) is 0 Å². The molecule has 3 heterocycles. The van der Waals surface area contributed by atoms with Gasteiger partial charge >= 0.3 is 0 Å². The van der Waals surface area contributed by atoms with Crippen molar-refractivity contribution in [1.29, 1.82) is 0 Å². The van der Waals surface area contributed by atoms with E-state index in [1.54, 1.807) is 0 Å². The molecule has 2 aliphatic heterocycles. The van der Waals surface area contributed by atoms with Crippen LogP contribution in [-0.4, -0.2) is 51.5 Å². The lowest BCUT2D eigenvalue weighted by Gasteiger charge is -2.44. The lowest BCUT2D eigenvalue weighted by Crippen LogP contribution is -2.51. The molecule has 6 nitrogen and oxygen atoms in total. The van der Waals surface area contributed by atoms with Crippen LogP contribution in [0.3, 0.4) is 0 Å². The molecule has 30 heavy (non-hydrogen) atoms. The molecule has 0 spiro atoms. The fourth-order valence-electron chi connectivity index (χ4n) is 5.35. The minimum Gasteiger partial charge on any atom is -0.491 e. The molecule has 2 aliphatic rings. The van der Waals surface area contributed by atoms with E-state index in [1.807, 2.05) is 18.3 Å². The molecule has 3 N–H and O–H groups in total. The number of piperidine rings is 1. The molecule has 0 aliphatic carbocycles. The Balaban J connectivity index is 1.27. The van der Waals surface area contributed by atoms with E-state index in [-0.39, 0.29) is 6.61 Å². The lowest BCUT2D eigenvalue weighted by molar-refractivity contribution is 0.0819. The molecule has 1 aromatic heterocycles. The molecule has 4 atom stereocenters. The Hall–Kier alpha value is -2.57. The summed E-state index contributed by atoms with van der Waals surface area (Å²) in [6.07, 6.45) is 5.59. The molecule has 158 valence electrons. The quantitative estimate of drug-likeness (QED) is 0.557. The van der Waals surface area contributed by atoms with Crippen LogP contribution in [0, 0.1) is 5.92 Å². The average molecular weight is 407 g/mol. The zero-order valence-corrected chi connectivity index (χ0v) is 17.4. The topological polar surface area (TPSA) is 73.4 Å². The van der Waals surface area contributed by atoms with Crippen LogP contribution >= 0.6 is 0 Å². The van der Waals surface area contributed by atoms with E-state index in [0.717, 1.165) is 23.2 Å². The van der Waals surface area contributed by atoms with Crippen LogP contribution in [0.1, 0.15) is 31.7 Å². The van der Waals surface area contributed by atoms with Gasteiger partial charge in [-0.2, -0.15) is 5.10 Å². The normalized spacial score (nSPS) is 26.2. The maximum Gasteiger partial charge on any atom is 0.119 e. The largest absolute Gasteiger partial charge is 0.491 e. The number of anilines is 1. The first-order chi connectivity index (χ1) is 14.7. The summed E-state index contributed by atoms with van der Waals surface area (Å²) >= 11 is 0. The minimum atomic E-state index is 0.0416. The number of H-pyrrole nitrogens is 1. The third kappa shape index (κ3) is 3.77. The predicted octanol–water partition coefficient (Wildman–Crippen LogP) is 3.79. The Labute approximate surface area is 177 Å². The smallest absolute Gasteiger partial charge is 0.119 e. The van der Waals surface area contributed by atoms with Crippen LogP contribution in [0.2, 0.25) is 0 Å². The number of hydrogen-bond acceptors (Lipinski definition) is 5. The Kier molecular flexibility index (Phi) is 5.35. The zero-order chi connectivity index (χ0) is 20.5. The van der Waals surface area contributed by atoms with Gasteiger partial charge in [-0.3, -0.25) is 10.00 Å². The monoisotopic (exact) mass is 406 g/mol. The first kappa shape index (κ1) is 19.4. The second-order valence-corrected chi connectivity index (χ2v) is 8.71. The highest BCUT2D eigenvalue weighted by atomic mass is 16.5. The summed E-state index contributed by atoms with van der Waals surface area (Å²) in [5.41, 5.74) is 3.54. The van der Waals surface area contributed by atoms with Crippen molar-refractivity contribution in [2.45, 2.75) is 50.9 Å². The van der Waals surface area contributed by atoms with Gasteiger partial charge in [-0.05, 0) is 61.1 Å². The van der Waals surface area contributed by atoms with Crippen molar-refractivity contribution < 1.29 is 9.84 Å². The average Bonchev–Trinajstić information content (AvgIpc) is 3.34. The Morgan fingerprint density at radius 3 is 3.07 bits per heavy atom. The van der Waals surface area contributed by atoms with Gasteiger partial charge in [-0.25, -0.2) is 0 Å². The van der Waals surface area contributed by atoms with Crippen LogP contribution < -0.4 is 10.1 Å². The van der Waals surface area contributed by atoms with E-state index in [0.29, 0.717) is 30.7 Å². The van der Waals surface area contributed by atoms with E-state index < -0.39 is 0 Å². The fourth-order valence-corrected chi connectivity index (χ4v) is 5.35. The summed E-state index contributed by atoms with van der Waals surface area (Å²) in [5, 5.41) is 21.1. The van der Waals surface area contributed by atoms with Crippen LogP contribution in [0.15, 0.2) is 48.7 Å². The van der Waals surface area contributed by atoms with Gasteiger partial charge in [0.25, 0.3) is 0 Å². The van der Waals surface area contributed by atoms with E-state index in [9.17, 15) is 0 Å². The molecule has 6 heteroatoms. The van der Waals surface area contributed by atoms with Crippen molar-refractivity contribution in [2.75, 3.05) is 18.5 Å². The molecule has 3 aromatic rings. The summed E-state index contributed by atoms with van der Waals surface area (Å²) in [6.45, 7) is 3.74. The number of aliphatic hydroxyl groups is 1. The van der Waals surface area contributed by atoms with Crippen molar-refractivity contribution in [1.82, 2.24) is 15.1 Å². The summed E-state index contributed by atoms with van der Waals surface area (Å²) in [6, 6.07) is 16.5. The number of fused-ring (bicyclic) bond motifs is 3. The van der Waals surface area contributed by atoms with Crippen LogP contribution in [0.25, 0.3) is 10.9 Å². The number of ether oxygens (including phenoxy) is 1. The summed E-state index contributed by atoms with van der Waals surface area (Å²) in [4.78, 5) is 2.70. The van der Waals surface area contributed by atoms with E-state index >= 15 is 0 Å². The van der Waals surface area contributed by atoms with Gasteiger partial charge in [0.15, 0.2) is 0 Å². The number of hydrogen-bond donors (Lipinski definition) is 3. The summed E-state index contributed by atoms with van der Waals surface area (Å²) in [7, 11) is 0. The second-order valence-electron chi connectivity index (χ2n) is 8.71. The highest BCUT2D eigenvalue weighted by molar-refractivity contribution is 5.81. The van der Waals surface area contributed by atoms with Crippen LogP contribution in [0.4, 0.5) is 5.69 Å². The Bertz CT molecular complexity index is 1000. The molecule has 5 rings (SSSR count). The highest BCUT2D eigenvalue weighted by Gasteiger charge is 2.45. The molecule has 4 unspecified atom stereocenters. The van der Waals surface area contributed by atoms with Gasteiger partial charge in [0, 0.05) is 35.7 Å². The van der Waals surface area contributed by atoms with Crippen LogP contribution in [0.5, 0.6) is 5.75 Å². The highest BCUT2D eigenvalue weighted by Crippen LogP contribution is 2.41. The molecule has 2 saturated heterocycles. The SMILES string of the molecule is CC1C(Nc2ccc3[nH]ncc3c2)CC2CCC1N2Cc1cccc(OCCO)c1. The number of aromatic amines is 1. The lowest BCUT2D eigenvalue weighted by atomic mass is 9.86. The number of nitrogens with one attached hydrogen (secondary N) is 2. The minimum absolute atomic E-state index is 0.0416. The fraction of sp³-hybridized carbons (Fsp3) is 0.458. The first-order valence-corrected chi connectivity index (χ1v) is 11.0. The first-order valence-electron chi connectivity index (χ1n) is 11.0. The third-order valence-electron chi connectivity index (χ3n) is 6.87. The standard InChI is InChI=1S/C24H30N4O2/c1-16-23(26-19-5-7-22-18(12-19)14-25-27-22)13-20-6-8-24(16)28(20)15-17-3-2-4-21(11-17)30-10-9-29/h2-5,7,11-12,14,16,20,23-24,26,29H,6,8-10,13,15H2,1H3,(H,25,27). The summed E-state index contributed by atoms with van der Waals surface area (Å²) < 4.78 is 5.60. The predicted molar refractivity (Wildman–Crippen MR) is 119 cm³/mol. The van der Waals surface area contributed by atoms with Gasteiger partial charge in [0.1, 0.15) is 12.4 Å². The molecule has 2 bridgehead atoms. The molecule has 0 saturated carbocycles. The number of aliphatic hydroxyl groups excluding tert-OH is 1. The van der Waals surface area contributed by atoms with Gasteiger partial charge < -0.3 is 15.2 Å². The molecular formula is C24H30N4O2. The van der Waals surface area contributed by atoms with Crippen LogP contribution in [-0.2, 0) is 6.54 Å². The van der Waals surface area contributed by atoms with Crippen molar-refractivity contribution >= 4 is 16.6 Å². The Morgan fingerprint density at radius 2 is 2.17 bits per heavy atom. The maximum absolute atomic E-state index is 8.99. The molecule has 2 fully saturated rings. The maximum atomic E-state index is 8.99. The number of nitrogens with zero attached hydrogens (tertiary/aromatic N) is 2. The number of rotatable bonds is 7. The molecule has 0 radical (unpaired) electrons. The number of benzene rings is 2. The van der Waals surface area contributed by atoms with Gasteiger partial charge in [-0.1, -0.05) is 19.1 Å². The summed E-state index contributed by atoms with van der Waals surface area (Å²) in [5.74, 6) is 1.42. The molecular weight excluding hydrogens is 376 g/mol. The van der Waals surface area contributed by atoms with Crippen molar-refractivity contribution in [3.05, 3.63) is 54.2 Å². The molecule has 0 amide bonds. The number of aromatic nitrogens is 2. The van der Waals surface area contributed by atoms with E-state index in [2.05, 4.69) is 57.7 Å². The van der Waals surface area contributed by atoms with Gasteiger partial charge in [-0.15, -0.1) is 0 Å². The Morgan fingerprint density at radius 1 is 1.23 bits per heavy atom. The molecule has 2 aromatic carbocycles. The van der Waals surface area contributed by atoms with E-state index in [4.69, 9.17) is 9.84 Å². The van der Waals surface area contributed by atoms with Crippen molar-refractivity contribution in [3.63, 3.8) is 0 Å². The van der Waals surface area contributed by atoms with Gasteiger partial charge in [0.05, 0.1) is 18.3 Å². The van der Waals surface area contributed by atoms with Crippen molar-refractivity contribution in [2.24, 2.45) is 5.92 Å². The zero-order valence-electron chi connectivity index (χ0n) is 17.4. The second kappa shape index (κ2) is 8.28.